The molecule has 0 amide bonds. The van der Waals surface area contributed by atoms with Crippen LogP contribution >= 0.6 is 31.9 Å². The molecule has 1 aromatic heterocycles. The molecule has 3 aromatic rings. The molecule has 4 aliphatic carbocycles. The highest BCUT2D eigenvalue weighted by Gasteiger charge is 2.30. The fraction of sp³-hybridized carbons (Fsp3) is 0.286. The maximum absolute atomic E-state index is 10.7. The summed E-state index contributed by atoms with van der Waals surface area (Å²) in [5.41, 5.74) is 11.4. The van der Waals surface area contributed by atoms with Gasteiger partial charge in [-0.1, -0.05) is 54.3 Å². The van der Waals surface area contributed by atoms with E-state index >= 15 is 0 Å². The Bertz CT molecular complexity index is 1470. The molecule has 0 spiro atoms. The lowest BCUT2D eigenvalue weighted by Crippen LogP contribution is -2.12. The van der Waals surface area contributed by atoms with E-state index in [0.29, 0.717) is 35.6 Å². The van der Waals surface area contributed by atoms with Gasteiger partial charge in [-0.3, -0.25) is 0 Å². The first-order valence-corrected chi connectivity index (χ1v) is 13.9. The summed E-state index contributed by atoms with van der Waals surface area (Å²) in [5.74, 6) is 2.06. The van der Waals surface area contributed by atoms with Gasteiger partial charge in [0.1, 0.15) is 5.84 Å². The highest BCUT2D eigenvalue weighted by molar-refractivity contribution is 9.10. The number of nitrogens with two attached hydrogens (primary N) is 1. The van der Waals surface area contributed by atoms with E-state index in [1.807, 2.05) is 18.2 Å². The average Bonchev–Trinajstić information content (AvgIpc) is 3.80. The van der Waals surface area contributed by atoms with Crippen molar-refractivity contribution in [1.29, 1.82) is 0 Å². The molecule has 7 rings (SSSR count). The number of carboxylic acid groups (broad SMARTS) is 1. The molecular weight excluding hydrogens is 616 g/mol. The number of hydrogen-bond donors (Lipinski definition) is 3. The van der Waals surface area contributed by atoms with Crippen molar-refractivity contribution in [2.24, 2.45) is 16.8 Å². The number of hydrogen-bond acceptors (Lipinski definition) is 6. The summed E-state index contributed by atoms with van der Waals surface area (Å²) in [5, 5.41) is 23.7. The van der Waals surface area contributed by atoms with E-state index in [2.05, 4.69) is 71.4 Å². The largest absolute Gasteiger partial charge is 0.478 e. The van der Waals surface area contributed by atoms with Crippen LogP contribution in [-0.4, -0.2) is 32.3 Å². The Labute approximate surface area is 236 Å². The number of allylic oxidation sites excluding steroid dienone is 1. The summed E-state index contributed by atoms with van der Waals surface area (Å²) in [6, 6.07) is 12.1. The summed E-state index contributed by atoms with van der Waals surface area (Å²) >= 11 is 6.84. The first kappa shape index (κ1) is 26.4. The lowest BCUT2D eigenvalue weighted by molar-refractivity contribution is -0.132. The number of benzene rings is 2. The number of aliphatic carboxylic acids is 1. The van der Waals surface area contributed by atoms with Crippen molar-refractivity contribution >= 4 is 61.4 Å². The van der Waals surface area contributed by atoms with E-state index < -0.39 is 5.97 Å². The predicted molar refractivity (Wildman–Crippen MR) is 152 cm³/mol. The fourth-order valence-electron chi connectivity index (χ4n) is 4.22. The predicted octanol–water partition coefficient (Wildman–Crippen LogP) is 6.42. The van der Waals surface area contributed by atoms with Crippen molar-refractivity contribution in [3.05, 3.63) is 84.9 Å². The SMILES string of the molecule is Brc1ccc2c(c1)C=C(c1nc(C3CC3)no1)C2.N/C(=N/O)C1CC1.O=C(O)C1=Cc2cc(Br)ccc2C1. The van der Waals surface area contributed by atoms with Crippen molar-refractivity contribution in [3.8, 4) is 0 Å². The van der Waals surface area contributed by atoms with Crippen LogP contribution in [0.2, 0.25) is 0 Å². The van der Waals surface area contributed by atoms with E-state index in [0.717, 1.165) is 50.7 Å². The van der Waals surface area contributed by atoms with Gasteiger partial charge >= 0.3 is 5.97 Å². The van der Waals surface area contributed by atoms with Gasteiger partial charge in [-0.05, 0) is 84.4 Å². The highest BCUT2D eigenvalue weighted by atomic mass is 79.9. The number of fused-ring (bicyclic) bond motifs is 2. The van der Waals surface area contributed by atoms with E-state index in [9.17, 15) is 4.79 Å². The van der Waals surface area contributed by atoms with Crippen LogP contribution in [0.1, 0.15) is 65.6 Å². The van der Waals surface area contributed by atoms with Gasteiger partial charge in [0.25, 0.3) is 5.89 Å². The van der Waals surface area contributed by atoms with Gasteiger partial charge in [0, 0.05) is 44.8 Å². The molecule has 2 fully saturated rings. The van der Waals surface area contributed by atoms with Crippen molar-refractivity contribution in [2.75, 3.05) is 0 Å². The van der Waals surface area contributed by atoms with Gasteiger partial charge in [-0.15, -0.1) is 0 Å². The molecule has 1 heterocycles. The van der Waals surface area contributed by atoms with Crippen LogP contribution in [0, 0.1) is 5.92 Å². The van der Waals surface area contributed by atoms with Crippen LogP contribution in [-0.2, 0) is 17.6 Å². The summed E-state index contributed by atoms with van der Waals surface area (Å²) in [7, 11) is 0. The first-order chi connectivity index (χ1) is 18.3. The molecule has 2 saturated carbocycles. The molecule has 4 N–H and O–H groups in total. The van der Waals surface area contributed by atoms with E-state index in [-0.39, 0.29) is 0 Å². The van der Waals surface area contributed by atoms with E-state index in [1.54, 1.807) is 6.08 Å². The quantitative estimate of drug-likeness (QED) is 0.129. The Hall–Kier alpha value is -3.24. The van der Waals surface area contributed by atoms with Crippen LogP contribution in [0.5, 0.6) is 0 Å². The van der Waals surface area contributed by atoms with Crippen LogP contribution in [0.25, 0.3) is 17.7 Å². The number of oxime groups is 1. The number of aromatic nitrogens is 2. The summed E-state index contributed by atoms with van der Waals surface area (Å²) in [6.45, 7) is 0. The molecule has 0 atom stereocenters. The normalized spacial score (nSPS) is 17.3. The molecule has 0 unspecified atom stereocenters. The molecule has 196 valence electrons. The Balaban J connectivity index is 0.000000129. The monoisotopic (exact) mass is 640 g/mol. The lowest BCUT2D eigenvalue weighted by atomic mass is 10.1. The Morgan fingerprint density at radius 3 is 2.16 bits per heavy atom. The van der Waals surface area contributed by atoms with Crippen LogP contribution in [0.3, 0.4) is 0 Å². The van der Waals surface area contributed by atoms with Gasteiger partial charge in [0.15, 0.2) is 5.82 Å². The lowest BCUT2D eigenvalue weighted by Gasteiger charge is -1.97. The van der Waals surface area contributed by atoms with Crippen molar-refractivity contribution in [2.45, 2.75) is 44.4 Å². The zero-order valence-electron chi connectivity index (χ0n) is 20.4. The standard InChI is InChI=1S/C14H11BrN2O.C10H7BrO2.C4H8N2O/c15-12-4-3-9-5-11(6-10(9)7-12)14-16-13(17-18-14)8-1-2-8;11-9-2-1-6-3-8(10(12)13)4-7(6)5-9;5-4(6-7)3-1-2-3/h3-4,6-8H,1-2,5H2;1-2,4-5H,3H2,(H,12,13);3,7H,1-2H2,(H2,5,6). The van der Waals surface area contributed by atoms with Crippen LogP contribution in [0.15, 0.2) is 60.6 Å². The summed E-state index contributed by atoms with van der Waals surface area (Å²) in [4.78, 5) is 15.2. The molecule has 0 aliphatic heterocycles. The fourth-order valence-corrected chi connectivity index (χ4v) is 4.98. The van der Waals surface area contributed by atoms with Gasteiger partial charge in [0.05, 0.1) is 0 Å². The first-order valence-electron chi connectivity index (χ1n) is 12.3. The Morgan fingerprint density at radius 2 is 1.61 bits per heavy atom. The number of amidine groups is 1. The summed E-state index contributed by atoms with van der Waals surface area (Å²) in [6.07, 6.45) is 9.88. The van der Waals surface area contributed by atoms with Gasteiger partial charge in [-0.25, -0.2) is 4.79 Å². The minimum absolute atomic E-state index is 0.389. The summed E-state index contributed by atoms with van der Waals surface area (Å²) < 4.78 is 7.45. The third-order valence-corrected chi connectivity index (χ3v) is 7.67. The van der Waals surface area contributed by atoms with Gasteiger partial charge in [0.2, 0.25) is 0 Å². The number of nitrogens with zero attached hydrogens (tertiary/aromatic N) is 3. The van der Waals surface area contributed by atoms with E-state index in [4.69, 9.17) is 20.6 Å². The highest BCUT2D eigenvalue weighted by Crippen LogP contribution is 2.39. The smallest absolute Gasteiger partial charge is 0.331 e. The third kappa shape index (κ3) is 6.42. The minimum Gasteiger partial charge on any atom is -0.478 e. The second-order valence-corrected chi connectivity index (χ2v) is 11.5. The number of rotatable bonds is 4. The topological polar surface area (TPSA) is 135 Å². The second-order valence-electron chi connectivity index (χ2n) is 9.72. The second kappa shape index (κ2) is 11.2. The number of carbonyl (C=O) groups is 1. The third-order valence-electron chi connectivity index (χ3n) is 6.68. The molecule has 38 heavy (non-hydrogen) atoms. The molecular formula is C28H26Br2N4O4. The van der Waals surface area contributed by atoms with Crippen LogP contribution in [0.4, 0.5) is 0 Å². The maximum Gasteiger partial charge on any atom is 0.331 e. The molecule has 10 heteroatoms. The number of halogens is 2. The van der Waals surface area contributed by atoms with Gasteiger partial charge < -0.3 is 20.6 Å². The molecule has 8 nitrogen and oxygen atoms in total. The molecule has 0 saturated heterocycles. The molecule has 2 aromatic carbocycles. The molecule has 0 radical (unpaired) electrons. The average molecular weight is 642 g/mol. The van der Waals surface area contributed by atoms with E-state index in [1.165, 1.54) is 24.0 Å². The minimum atomic E-state index is -0.827. The molecule has 0 bridgehead atoms. The Morgan fingerprint density at radius 1 is 0.974 bits per heavy atom. The van der Waals surface area contributed by atoms with Crippen molar-refractivity contribution in [1.82, 2.24) is 10.1 Å². The van der Waals surface area contributed by atoms with Gasteiger partial charge in [-0.2, -0.15) is 4.98 Å². The van der Waals surface area contributed by atoms with Crippen molar-refractivity contribution < 1.29 is 19.6 Å². The van der Waals surface area contributed by atoms with Crippen molar-refractivity contribution in [3.63, 3.8) is 0 Å². The zero-order chi connectivity index (χ0) is 26.8. The maximum atomic E-state index is 10.7. The number of carboxylic acids is 1. The van der Waals surface area contributed by atoms with Crippen LogP contribution < -0.4 is 5.73 Å². The Kier molecular flexibility index (Phi) is 7.80. The molecule has 4 aliphatic rings. The zero-order valence-corrected chi connectivity index (χ0v) is 23.6.